The summed E-state index contributed by atoms with van der Waals surface area (Å²) >= 11 is 3.28. The van der Waals surface area contributed by atoms with Crippen molar-refractivity contribution < 1.29 is 14.7 Å². The van der Waals surface area contributed by atoms with E-state index in [4.69, 9.17) is 10.8 Å². The zero-order valence-electron chi connectivity index (χ0n) is 10.9. The topological polar surface area (TPSA) is 83.6 Å². The number of benzene rings is 1. The van der Waals surface area contributed by atoms with Gasteiger partial charge in [0.2, 0.25) is 0 Å². The van der Waals surface area contributed by atoms with E-state index in [0.29, 0.717) is 17.8 Å². The maximum absolute atomic E-state index is 12.4. The van der Waals surface area contributed by atoms with Gasteiger partial charge in [0, 0.05) is 22.7 Å². The fourth-order valence-corrected chi connectivity index (χ4v) is 2.28. The van der Waals surface area contributed by atoms with Crippen molar-refractivity contribution in [2.45, 2.75) is 26.3 Å². The van der Waals surface area contributed by atoms with Gasteiger partial charge in [-0.3, -0.25) is 9.59 Å². The molecule has 0 aliphatic heterocycles. The summed E-state index contributed by atoms with van der Waals surface area (Å²) in [4.78, 5) is 24.6. The minimum atomic E-state index is -0.928. The van der Waals surface area contributed by atoms with Crippen LogP contribution >= 0.6 is 15.9 Å². The highest BCUT2D eigenvalue weighted by molar-refractivity contribution is 9.10. The molecular formula is C13H17BrN2O3. The third-order valence-electron chi connectivity index (χ3n) is 2.85. The van der Waals surface area contributed by atoms with Crippen LogP contribution in [0.3, 0.4) is 0 Å². The molecule has 0 saturated carbocycles. The van der Waals surface area contributed by atoms with Crippen molar-refractivity contribution in [3.63, 3.8) is 0 Å². The molecule has 5 nitrogen and oxygen atoms in total. The molecule has 0 aliphatic carbocycles. The van der Waals surface area contributed by atoms with E-state index >= 15 is 0 Å². The lowest BCUT2D eigenvalue weighted by Crippen LogP contribution is -2.40. The van der Waals surface area contributed by atoms with Crippen LogP contribution in [0.4, 0.5) is 5.69 Å². The van der Waals surface area contributed by atoms with E-state index in [1.54, 1.807) is 25.1 Å². The number of nitrogens with zero attached hydrogens (tertiary/aromatic N) is 1. The highest BCUT2D eigenvalue weighted by atomic mass is 79.9. The molecule has 1 atom stereocenters. The first-order valence-electron chi connectivity index (χ1n) is 5.94. The van der Waals surface area contributed by atoms with Gasteiger partial charge >= 0.3 is 5.97 Å². The van der Waals surface area contributed by atoms with E-state index in [9.17, 15) is 9.59 Å². The number of amides is 1. The van der Waals surface area contributed by atoms with Gasteiger partial charge in [-0.2, -0.15) is 0 Å². The minimum absolute atomic E-state index is 0.0873. The number of aliphatic carboxylic acids is 1. The van der Waals surface area contributed by atoms with Gasteiger partial charge in [0.05, 0.1) is 12.0 Å². The van der Waals surface area contributed by atoms with Gasteiger partial charge in [0.15, 0.2) is 0 Å². The Morgan fingerprint density at radius 2 is 2.11 bits per heavy atom. The number of nitrogens with two attached hydrogens (primary N) is 1. The van der Waals surface area contributed by atoms with Gasteiger partial charge < -0.3 is 15.7 Å². The van der Waals surface area contributed by atoms with Crippen LogP contribution in [0.15, 0.2) is 22.7 Å². The highest BCUT2D eigenvalue weighted by Crippen LogP contribution is 2.21. The average Bonchev–Trinajstić information content (AvgIpc) is 2.28. The molecule has 0 saturated heterocycles. The SMILES string of the molecule is CCN(C(=O)c1ccc(Br)cc1N)C(C)CC(=O)O. The van der Waals surface area contributed by atoms with Gasteiger partial charge in [0.1, 0.15) is 0 Å². The van der Waals surface area contributed by atoms with Gasteiger partial charge in [-0.15, -0.1) is 0 Å². The van der Waals surface area contributed by atoms with Crippen molar-refractivity contribution in [3.05, 3.63) is 28.2 Å². The summed E-state index contributed by atoms with van der Waals surface area (Å²) in [5, 5.41) is 8.80. The number of hydrogen-bond acceptors (Lipinski definition) is 3. The maximum atomic E-state index is 12.4. The van der Waals surface area contributed by atoms with Crippen LogP contribution in [0.1, 0.15) is 30.6 Å². The van der Waals surface area contributed by atoms with Crippen LogP contribution in [-0.4, -0.2) is 34.5 Å². The van der Waals surface area contributed by atoms with Gasteiger partial charge in [-0.05, 0) is 32.0 Å². The van der Waals surface area contributed by atoms with E-state index in [1.807, 2.05) is 6.92 Å². The second-order valence-corrected chi connectivity index (χ2v) is 5.19. The van der Waals surface area contributed by atoms with E-state index < -0.39 is 5.97 Å². The van der Waals surface area contributed by atoms with Crippen LogP contribution in [0.5, 0.6) is 0 Å². The molecule has 0 aromatic heterocycles. The highest BCUT2D eigenvalue weighted by Gasteiger charge is 2.23. The van der Waals surface area contributed by atoms with Crippen molar-refractivity contribution in [2.24, 2.45) is 0 Å². The molecule has 19 heavy (non-hydrogen) atoms. The van der Waals surface area contributed by atoms with Crippen LogP contribution < -0.4 is 5.73 Å². The fourth-order valence-electron chi connectivity index (χ4n) is 1.90. The zero-order valence-corrected chi connectivity index (χ0v) is 12.5. The molecule has 1 rings (SSSR count). The molecule has 0 fully saturated rings. The average molecular weight is 329 g/mol. The summed E-state index contributed by atoms with van der Waals surface area (Å²) in [6, 6.07) is 4.65. The van der Waals surface area contributed by atoms with Gasteiger partial charge in [-0.1, -0.05) is 15.9 Å². The second-order valence-electron chi connectivity index (χ2n) is 4.27. The summed E-state index contributed by atoms with van der Waals surface area (Å²) < 4.78 is 0.795. The fraction of sp³-hybridized carbons (Fsp3) is 0.385. The summed E-state index contributed by atoms with van der Waals surface area (Å²) in [5.74, 6) is -1.18. The van der Waals surface area contributed by atoms with E-state index in [1.165, 1.54) is 4.90 Å². The molecule has 6 heteroatoms. The number of carbonyl (C=O) groups is 2. The number of carboxylic acids is 1. The van der Waals surface area contributed by atoms with Crippen LogP contribution in [0.25, 0.3) is 0 Å². The number of rotatable bonds is 5. The van der Waals surface area contributed by atoms with Crippen LogP contribution in [0.2, 0.25) is 0 Å². The molecule has 3 N–H and O–H groups in total. The number of halogens is 1. The molecule has 1 aromatic rings. The normalized spacial score (nSPS) is 11.9. The molecule has 0 heterocycles. The Balaban J connectivity index is 2.98. The summed E-state index contributed by atoms with van der Waals surface area (Å²) in [6.45, 7) is 3.96. The van der Waals surface area contributed by atoms with Crippen molar-refractivity contribution in [1.82, 2.24) is 4.90 Å². The quantitative estimate of drug-likeness (QED) is 0.812. The predicted octanol–water partition coefficient (Wildman–Crippen LogP) is 2.36. The number of carbonyl (C=O) groups excluding carboxylic acids is 1. The van der Waals surface area contributed by atoms with Crippen molar-refractivity contribution in [2.75, 3.05) is 12.3 Å². The summed E-state index contributed by atoms with van der Waals surface area (Å²) in [5.41, 5.74) is 6.59. The first-order chi connectivity index (χ1) is 8.86. The molecule has 0 spiro atoms. The Morgan fingerprint density at radius 3 is 2.58 bits per heavy atom. The molecule has 0 bridgehead atoms. The summed E-state index contributed by atoms with van der Waals surface area (Å²) in [6.07, 6.45) is -0.0873. The number of nitrogen functional groups attached to an aromatic ring is 1. The van der Waals surface area contributed by atoms with Gasteiger partial charge in [-0.25, -0.2) is 0 Å². The molecule has 104 valence electrons. The Morgan fingerprint density at radius 1 is 1.47 bits per heavy atom. The Labute approximate surface area is 120 Å². The van der Waals surface area contributed by atoms with Crippen LogP contribution in [0, 0.1) is 0 Å². The largest absolute Gasteiger partial charge is 0.481 e. The monoisotopic (exact) mass is 328 g/mol. The van der Waals surface area contributed by atoms with Crippen molar-refractivity contribution in [3.8, 4) is 0 Å². The van der Waals surface area contributed by atoms with Crippen LogP contribution in [-0.2, 0) is 4.79 Å². The molecule has 1 aromatic carbocycles. The lowest BCUT2D eigenvalue weighted by atomic mass is 10.1. The van der Waals surface area contributed by atoms with Crippen molar-refractivity contribution >= 4 is 33.5 Å². The molecular weight excluding hydrogens is 312 g/mol. The first-order valence-corrected chi connectivity index (χ1v) is 6.73. The standard InChI is InChI=1S/C13H17BrN2O3/c1-3-16(8(2)6-12(17)18)13(19)10-5-4-9(14)7-11(10)15/h4-5,7-8H,3,6,15H2,1-2H3,(H,17,18). The molecule has 1 amide bonds. The van der Waals surface area contributed by atoms with Crippen molar-refractivity contribution in [1.29, 1.82) is 0 Å². The lowest BCUT2D eigenvalue weighted by molar-refractivity contribution is -0.138. The van der Waals surface area contributed by atoms with E-state index in [2.05, 4.69) is 15.9 Å². The van der Waals surface area contributed by atoms with E-state index in [0.717, 1.165) is 4.47 Å². The third-order valence-corrected chi connectivity index (χ3v) is 3.34. The van der Waals surface area contributed by atoms with Gasteiger partial charge in [0.25, 0.3) is 5.91 Å². The number of anilines is 1. The molecule has 0 aliphatic rings. The number of carboxylic acid groups (broad SMARTS) is 1. The molecule has 0 radical (unpaired) electrons. The smallest absolute Gasteiger partial charge is 0.305 e. The third kappa shape index (κ3) is 3.96. The predicted molar refractivity (Wildman–Crippen MR) is 77.0 cm³/mol. The Hall–Kier alpha value is -1.56. The number of hydrogen-bond donors (Lipinski definition) is 2. The minimum Gasteiger partial charge on any atom is -0.481 e. The zero-order chi connectivity index (χ0) is 14.6. The Bertz CT molecular complexity index is 491. The van der Waals surface area contributed by atoms with E-state index in [-0.39, 0.29) is 18.4 Å². The Kier molecular flexibility index (Phi) is 5.35. The first kappa shape index (κ1) is 15.5. The lowest BCUT2D eigenvalue weighted by Gasteiger charge is -2.27. The molecule has 1 unspecified atom stereocenters. The maximum Gasteiger partial charge on any atom is 0.305 e. The summed E-state index contributed by atoms with van der Waals surface area (Å²) in [7, 11) is 0. The second kappa shape index (κ2) is 6.56.